The minimum absolute atomic E-state index is 0.177. The Kier molecular flexibility index (Phi) is 17.5. The molecule has 0 aromatic carbocycles. The summed E-state index contributed by atoms with van der Waals surface area (Å²) in [7, 11) is 1.84. The molecule has 0 fully saturated rings. The van der Waals surface area contributed by atoms with Crippen molar-refractivity contribution in [2.45, 2.75) is 111 Å². The number of carbonyl (C=O) groups is 1. The van der Waals surface area contributed by atoms with E-state index in [1.165, 1.54) is 83.5 Å². The first-order chi connectivity index (χ1) is 12.1. The Balaban J connectivity index is 3.24. The van der Waals surface area contributed by atoms with Gasteiger partial charge in [0.2, 0.25) is 0 Å². The fourth-order valence-electron chi connectivity index (χ4n) is 2.98. The molecule has 0 bridgehead atoms. The Bertz CT molecular complexity index is 292. The zero-order valence-corrected chi connectivity index (χ0v) is 17.7. The van der Waals surface area contributed by atoms with Crippen LogP contribution in [-0.2, 0) is 4.74 Å². The number of unbranched alkanes of at least 4 members (excludes halogenated alkanes) is 13. The first kappa shape index (κ1) is 24.3. The Morgan fingerprint density at radius 1 is 0.760 bits per heavy atom. The zero-order chi connectivity index (χ0) is 18.8. The maximum Gasteiger partial charge on any atom is 0.409 e. The lowest BCUT2D eigenvalue weighted by molar-refractivity contribution is 0.0994. The van der Waals surface area contributed by atoms with Gasteiger partial charge in [0, 0.05) is 13.6 Å². The summed E-state index contributed by atoms with van der Waals surface area (Å²) in [5.41, 5.74) is 0. The molecule has 0 rings (SSSR count). The van der Waals surface area contributed by atoms with E-state index in [1.807, 2.05) is 7.05 Å². The molecule has 0 N–H and O–H groups in total. The summed E-state index contributed by atoms with van der Waals surface area (Å²) >= 11 is 0. The quantitative estimate of drug-likeness (QED) is 0.258. The molecule has 0 atom stereocenters. The Morgan fingerprint density at radius 3 is 1.56 bits per heavy atom. The van der Waals surface area contributed by atoms with Crippen molar-refractivity contribution in [3.63, 3.8) is 0 Å². The molecule has 0 heterocycles. The van der Waals surface area contributed by atoms with E-state index >= 15 is 0 Å². The van der Waals surface area contributed by atoms with Gasteiger partial charge in [-0.25, -0.2) is 4.79 Å². The predicted octanol–water partition coefficient (Wildman–Crippen LogP) is 7.19. The Labute approximate surface area is 157 Å². The van der Waals surface area contributed by atoms with Gasteiger partial charge in [-0.05, 0) is 12.3 Å². The van der Waals surface area contributed by atoms with Crippen molar-refractivity contribution >= 4 is 6.09 Å². The molecule has 25 heavy (non-hydrogen) atoms. The average Bonchev–Trinajstić information content (AvgIpc) is 2.59. The van der Waals surface area contributed by atoms with Gasteiger partial charge in [-0.1, -0.05) is 104 Å². The molecule has 0 aromatic rings. The van der Waals surface area contributed by atoms with Crippen LogP contribution in [0.2, 0.25) is 0 Å². The third-order valence-electron chi connectivity index (χ3n) is 4.70. The smallest absolute Gasteiger partial charge is 0.409 e. The first-order valence-electron chi connectivity index (χ1n) is 11.0. The van der Waals surface area contributed by atoms with Gasteiger partial charge in [0.25, 0.3) is 0 Å². The summed E-state index contributed by atoms with van der Waals surface area (Å²) in [5.74, 6) is 0.401. The van der Waals surface area contributed by atoms with E-state index in [1.54, 1.807) is 4.90 Å². The third-order valence-corrected chi connectivity index (χ3v) is 4.70. The monoisotopic (exact) mass is 355 g/mol. The van der Waals surface area contributed by atoms with E-state index in [4.69, 9.17) is 4.74 Å². The maximum atomic E-state index is 11.7. The molecule has 0 saturated heterocycles. The van der Waals surface area contributed by atoms with E-state index < -0.39 is 0 Å². The lowest BCUT2D eigenvalue weighted by Crippen LogP contribution is -2.29. The fourth-order valence-corrected chi connectivity index (χ4v) is 2.98. The van der Waals surface area contributed by atoms with Crippen LogP contribution in [-0.4, -0.2) is 31.2 Å². The van der Waals surface area contributed by atoms with Crippen molar-refractivity contribution in [1.82, 2.24) is 4.90 Å². The molecule has 3 nitrogen and oxygen atoms in total. The summed E-state index contributed by atoms with van der Waals surface area (Å²) < 4.78 is 5.22. The second kappa shape index (κ2) is 18.1. The fraction of sp³-hybridized carbons (Fsp3) is 0.955. The number of nitrogens with zero attached hydrogens (tertiary/aromatic N) is 1. The molecular formula is C22H45NO2. The van der Waals surface area contributed by atoms with Crippen molar-refractivity contribution in [2.75, 3.05) is 20.2 Å². The van der Waals surface area contributed by atoms with Crippen LogP contribution in [0.15, 0.2) is 0 Å². The highest BCUT2D eigenvalue weighted by atomic mass is 16.6. The SMILES string of the molecule is CCCCCCCCCCCCCCCCN(C)C(=O)OCC(C)C. The predicted molar refractivity (Wildman–Crippen MR) is 109 cm³/mol. The van der Waals surface area contributed by atoms with E-state index in [-0.39, 0.29) is 6.09 Å². The molecule has 0 aliphatic carbocycles. The summed E-state index contributed by atoms with van der Waals surface area (Å²) in [4.78, 5) is 13.4. The largest absolute Gasteiger partial charge is 0.449 e. The highest BCUT2D eigenvalue weighted by molar-refractivity contribution is 5.67. The Hall–Kier alpha value is -0.730. The number of hydrogen-bond acceptors (Lipinski definition) is 2. The van der Waals surface area contributed by atoms with Gasteiger partial charge in [0.05, 0.1) is 6.61 Å². The minimum atomic E-state index is -0.177. The van der Waals surface area contributed by atoms with Gasteiger partial charge in [-0.2, -0.15) is 0 Å². The molecule has 0 aliphatic heterocycles. The molecular weight excluding hydrogens is 310 g/mol. The van der Waals surface area contributed by atoms with Crippen molar-refractivity contribution in [3.8, 4) is 0 Å². The van der Waals surface area contributed by atoms with Crippen LogP contribution >= 0.6 is 0 Å². The highest BCUT2D eigenvalue weighted by Crippen LogP contribution is 2.13. The zero-order valence-electron chi connectivity index (χ0n) is 17.7. The Morgan fingerprint density at radius 2 is 1.16 bits per heavy atom. The second-order valence-corrected chi connectivity index (χ2v) is 7.99. The summed E-state index contributed by atoms with van der Waals surface area (Å²) in [6, 6.07) is 0. The number of rotatable bonds is 17. The molecule has 3 heteroatoms. The van der Waals surface area contributed by atoms with Crippen LogP contribution in [0.4, 0.5) is 4.79 Å². The van der Waals surface area contributed by atoms with Gasteiger partial charge in [-0.15, -0.1) is 0 Å². The number of amides is 1. The van der Waals surface area contributed by atoms with E-state index in [0.29, 0.717) is 12.5 Å². The van der Waals surface area contributed by atoms with Crippen molar-refractivity contribution < 1.29 is 9.53 Å². The minimum Gasteiger partial charge on any atom is -0.449 e. The van der Waals surface area contributed by atoms with Crippen LogP contribution in [0.5, 0.6) is 0 Å². The van der Waals surface area contributed by atoms with Gasteiger partial charge >= 0.3 is 6.09 Å². The van der Waals surface area contributed by atoms with Gasteiger partial charge < -0.3 is 9.64 Å². The van der Waals surface area contributed by atoms with Gasteiger partial charge in [-0.3, -0.25) is 0 Å². The van der Waals surface area contributed by atoms with Gasteiger partial charge in [0.1, 0.15) is 0 Å². The maximum absolute atomic E-state index is 11.7. The van der Waals surface area contributed by atoms with E-state index in [2.05, 4.69) is 20.8 Å². The lowest BCUT2D eigenvalue weighted by Gasteiger charge is -2.17. The molecule has 150 valence electrons. The standard InChI is InChI=1S/C22H45NO2/c1-5-6-7-8-9-10-11-12-13-14-15-16-17-18-19-23(4)22(24)25-20-21(2)3/h21H,5-20H2,1-4H3. The molecule has 0 aromatic heterocycles. The number of ether oxygens (including phenoxy) is 1. The summed E-state index contributed by atoms with van der Waals surface area (Å²) in [6.07, 6.45) is 18.9. The van der Waals surface area contributed by atoms with Crippen LogP contribution in [0.25, 0.3) is 0 Å². The highest BCUT2D eigenvalue weighted by Gasteiger charge is 2.09. The molecule has 0 spiro atoms. The molecule has 0 radical (unpaired) electrons. The molecule has 1 amide bonds. The van der Waals surface area contributed by atoms with Crippen LogP contribution in [0.3, 0.4) is 0 Å². The van der Waals surface area contributed by atoms with Crippen molar-refractivity contribution in [1.29, 1.82) is 0 Å². The third kappa shape index (κ3) is 17.9. The lowest BCUT2D eigenvalue weighted by atomic mass is 10.0. The van der Waals surface area contributed by atoms with Crippen LogP contribution in [0, 0.1) is 5.92 Å². The topological polar surface area (TPSA) is 29.5 Å². The average molecular weight is 356 g/mol. The van der Waals surface area contributed by atoms with Gasteiger partial charge in [0.15, 0.2) is 0 Å². The van der Waals surface area contributed by atoms with Crippen molar-refractivity contribution in [2.24, 2.45) is 5.92 Å². The van der Waals surface area contributed by atoms with Crippen LogP contribution < -0.4 is 0 Å². The first-order valence-corrected chi connectivity index (χ1v) is 11.0. The summed E-state index contributed by atoms with van der Waals surface area (Å²) in [6.45, 7) is 7.72. The van der Waals surface area contributed by atoms with E-state index in [9.17, 15) is 4.79 Å². The molecule has 0 saturated carbocycles. The normalized spacial score (nSPS) is 11.1. The summed E-state index contributed by atoms with van der Waals surface area (Å²) in [5, 5.41) is 0. The number of hydrogen-bond donors (Lipinski definition) is 0. The van der Waals surface area contributed by atoms with E-state index in [0.717, 1.165) is 13.0 Å². The second-order valence-electron chi connectivity index (χ2n) is 7.99. The number of carbonyl (C=O) groups excluding carboxylic acids is 1. The molecule has 0 unspecified atom stereocenters. The van der Waals surface area contributed by atoms with Crippen molar-refractivity contribution in [3.05, 3.63) is 0 Å². The van der Waals surface area contributed by atoms with Crippen LogP contribution in [0.1, 0.15) is 111 Å². The molecule has 0 aliphatic rings.